The van der Waals surface area contributed by atoms with Gasteiger partial charge in [0.1, 0.15) is 5.82 Å². The summed E-state index contributed by atoms with van der Waals surface area (Å²) in [6, 6.07) is 3.58. The molecule has 1 saturated heterocycles. The van der Waals surface area contributed by atoms with Crippen molar-refractivity contribution >= 4 is 5.91 Å². The molecule has 2 aliphatic heterocycles. The zero-order valence-electron chi connectivity index (χ0n) is 15.5. The van der Waals surface area contributed by atoms with Gasteiger partial charge in [0.05, 0.1) is 6.54 Å². The number of hydrogen-bond donors (Lipinski definition) is 1. The Labute approximate surface area is 158 Å². The number of pyridine rings is 1. The molecule has 1 amide bonds. The molecule has 8 nitrogen and oxygen atoms in total. The topological polar surface area (TPSA) is 85.0 Å². The lowest BCUT2D eigenvalue weighted by atomic mass is 10.1. The average molecular weight is 370 g/mol. The fourth-order valence-corrected chi connectivity index (χ4v) is 3.98. The summed E-state index contributed by atoms with van der Waals surface area (Å²) in [6.07, 6.45) is 8.34. The molecule has 2 aromatic heterocycles. The molecule has 2 aliphatic rings. The fourth-order valence-electron chi connectivity index (χ4n) is 3.98. The second-order valence-electron chi connectivity index (χ2n) is 7.38. The van der Waals surface area contributed by atoms with Crippen LogP contribution in [0.3, 0.4) is 0 Å². The van der Waals surface area contributed by atoms with E-state index in [1.54, 1.807) is 29.2 Å². The van der Waals surface area contributed by atoms with Crippen LogP contribution < -0.4 is 11.0 Å². The third kappa shape index (κ3) is 4.10. The number of nitrogens with one attached hydrogen (secondary N) is 1. The lowest BCUT2D eigenvalue weighted by molar-refractivity contribution is 0.0901. The van der Waals surface area contributed by atoms with Crippen LogP contribution in [0, 0.1) is 0 Å². The quantitative estimate of drug-likeness (QED) is 0.836. The van der Waals surface area contributed by atoms with E-state index in [0.29, 0.717) is 12.1 Å². The maximum Gasteiger partial charge on any atom is 0.345 e. The molecule has 144 valence electrons. The molecule has 4 rings (SSSR count). The summed E-state index contributed by atoms with van der Waals surface area (Å²) in [6.45, 7) is 3.96. The minimum atomic E-state index is -0.0535. The Bertz CT molecular complexity index is 844. The third-order valence-electron chi connectivity index (χ3n) is 5.44. The fraction of sp³-hybridized carbons (Fsp3) is 0.579. The van der Waals surface area contributed by atoms with Gasteiger partial charge in [-0.15, -0.1) is 0 Å². The number of rotatable bonds is 5. The number of nitrogens with zero attached hydrogens (tertiary/aromatic N) is 5. The predicted molar refractivity (Wildman–Crippen MR) is 101 cm³/mol. The van der Waals surface area contributed by atoms with E-state index in [4.69, 9.17) is 0 Å². The predicted octanol–water partition coefficient (Wildman–Crippen LogP) is 0.671. The smallest absolute Gasteiger partial charge is 0.345 e. The Morgan fingerprint density at radius 3 is 2.81 bits per heavy atom. The molecule has 2 aromatic rings. The van der Waals surface area contributed by atoms with Gasteiger partial charge in [-0.25, -0.2) is 9.48 Å². The maximum absolute atomic E-state index is 12.4. The molecule has 1 unspecified atom stereocenters. The molecule has 0 spiro atoms. The number of carbonyl (C=O) groups excluding carboxylic acids is 1. The molecule has 1 fully saturated rings. The van der Waals surface area contributed by atoms with Crippen LogP contribution in [0.2, 0.25) is 0 Å². The van der Waals surface area contributed by atoms with Gasteiger partial charge in [0, 0.05) is 50.1 Å². The van der Waals surface area contributed by atoms with Crippen LogP contribution in [0.5, 0.6) is 0 Å². The summed E-state index contributed by atoms with van der Waals surface area (Å²) in [5.74, 6) is 0.870. The second kappa shape index (κ2) is 8.04. The molecule has 0 radical (unpaired) electrons. The summed E-state index contributed by atoms with van der Waals surface area (Å²) >= 11 is 0. The van der Waals surface area contributed by atoms with Crippen molar-refractivity contribution in [2.75, 3.05) is 19.6 Å². The van der Waals surface area contributed by atoms with Crippen molar-refractivity contribution < 1.29 is 4.79 Å². The number of hydrogen-bond acceptors (Lipinski definition) is 5. The van der Waals surface area contributed by atoms with E-state index in [2.05, 4.69) is 20.3 Å². The van der Waals surface area contributed by atoms with E-state index >= 15 is 0 Å². The highest BCUT2D eigenvalue weighted by Gasteiger charge is 2.23. The van der Waals surface area contributed by atoms with Crippen LogP contribution in [-0.4, -0.2) is 55.8 Å². The Morgan fingerprint density at radius 2 is 2.00 bits per heavy atom. The minimum absolute atomic E-state index is 0.0178. The van der Waals surface area contributed by atoms with Gasteiger partial charge in [0.2, 0.25) is 0 Å². The Hall–Kier alpha value is -2.48. The second-order valence-corrected chi connectivity index (χ2v) is 7.38. The summed E-state index contributed by atoms with van der Waals surface area (Å²) in [7, 11) is 0. The van der Waals surface area contributed by atoms with Gasteiger partial charge in [-0.05, 0) is 44.4 Å². The SMILES string of the molecule is O=C(NC1CCCN(CCn2nc3n(c2=O)CCCC3)C1)c1ccncc1. The number of piperidine rings is 1. The van der Waals surface area contributed by atoms with Crippen LogP contribution in [0.15, 0.2) is 29.3 Å². The highest BCUT2D eigenvalue weighted by Crippen LogP contribution is 2.12. The molecular formula is C19H26N6O2. The van der Waals surface area contributed by atoms with E-state index in [1.807, 2.05) is 4.57 Å². The molecule has 0 aromatic carbocycles. The van der Waals surface area contributed by atoms with Crippen molar-refractivity contribution in [3.63, 3.8) is 0 Å². The number of aromatic nitrogens is 4. The number of aryl methyl sites for hydroxylation is 1. The van der Waals surface area contributed by atoms with Crippen LogP contribution in [0.1, 0.15) is 41.9 Å². The van der Waals surface area contributed by atoms with Gasteiger partial charge in [-0.2, -0.15) is 5.10 Å². The van der Waals surface area contributed by atoms with E-state index in [1.165, 1.54) is 0 Å². The highest BCUT2D eigenvalue weighted by atomic mass is 16.2. The zero-order chi connectivity index (χ0) is 18.6. The molecule has 0 bridgehead atoms. The van der Waals surface area contributed by atoms with E-state index in [0.717, 1.165) is 64.1 Å². The van der Waals surface area contributed by atoms with Crippen molar-refractivity contribution in [2.45, 2.75) is 51.2 Å². The molecule has 4 heterocycles. The third-order valence-corrected chi connectivity index (χ3v) is 5.44. The summed E-state index contributed by atoms with van der Waals surface area (Å²) < 4.78 is 3.43. The van der Waals surface area contributed by atoms with Crippen LogP contribution in [0.25, 0.3) is 0 Å². The van der Waals surface area contributed by atoms with Crippen LogP contribution in [0.4, 0.5) is 0 Å². The largest absolute Gasteiger partial charge is 0.348 e. The van der Waals surface area contributed by atoms with Crippen molar-refractivity contribution in [3.05, 3.63) is 46.4 Å². The Morgan fingerprint density at radius 1 is 1.15 bits per heavy atom. The summed E-state index contributed by atoms with van der Waals surface area (Å²) in [4.78, 5) is 31.0. The van der Waals surface area contributed by atoms with Crippen molar-refractivity contribution in [2.24, 2.45) is 0 Å². The van der Waals surface area contributed by atoms with Crippen LogP contribution in [-0.2, 0) is 19.5 Å². The van der Waals surface area contributed by atoms with E-state index in [9.17, 15) is 9.59 Å². The van der Waals surface area contributed by atoms with Crippen molar-refractivity contribution in [1.29, 1.82) is 0 Å². The maximum atomic E-state index is 12.4. The van der Waals surface area contributed by atoms with Gasteiger partial charge < -0.3 is 5.32 Å². The highest BCUT2D eigenvalue weighted by molar-refractivity contribution is 5.94. The van der Waals surface area contributed by atoms with Gasteiger partial charge >= 0.3 is 5.69 Å². The molecule has 1 N–H and O–H groups in total. The van der Waals surface area contributed by atoms with Gasteiger partial charge in [-0.3, -0.25) is 19.2 Å². The lowest BCUT2D eigenvalue weighted by Gasteiger charge is -2.33. The number of amides is 1. The van der Waals surface area contributed by atoms with E-state index < -0.39 is 0 Å². The zero-order valence-corrected chi connectivity index (χ0v) is 15.5. The normalized spacial score (nSPS) is 20.2. The number of likely N-dealkylation sites (tertiary alicyclic amines) is 1. The molecule has 8 heteroatoms. The minimum Gasteiger partial charge on any atom is -0.348 e. The first-order valence-electron chi connectivity index (χ1n) is 9.80. The van der Waals surface area contributed by atoms with Gasteiger partial charge in [0.25, 0.3) is 5.91 Å². The molecule has 0 saturated carbocycles. The molecule has 0 aliphatic carbocycles. The molecular weight excluding hydrogens is 344 g/mol. The lowest BCUT2D eigenvalue weighted by Crippen LogP contribution is -2.48. The van der Waals surface area contributed by atoms with E-state index in [-0.39, 0.29) is 17.6 Å². The first-order valence-corrected chi connectivity index (χ1v) is 9.80. The molecule has 27 heavy (non-hydrogen) atoms. The van der Waals surface area contributed by atoms with Gasteiger partial charge in [-0.1, -0.05) is 0 Å². The summed E-state index contributed by atoms with van der Waals surface area (Å²) in [5, 5.41) is 7.62. The first-order chi connectivity index (χ1) is 13.2. The number of fused-ring (bicyclic) bond motifs is 1. The average Bonchev–Trinajstić information content (AvgIpc) is 3.03. The molecule has 1 atom stereocenters. The van der Waals surface area contributed by atoms with Crippen LogP contribution >= 0.6 is 0 Å². The van der Waals surface area contributed by atoms with Crippen molar-refractivity contribution in [1.82, 2.24) is 29.5 Å². The summed E-state index contributed by atoms with van der Waals surface area (Å²) in [5.41, 5.74) is 0.654. The Balaban J connectivity index is 1.32. The first kappa shape index (κ1) is 17.9. The monoisotopic (exact) mass is 370 g/mol. The standard InChI is InChI=1S/C19H26N6O2/c26-18(15-6-8-20-9-7-15)21-16-4-3-10-23(14-16)12-13-25-19(27)24-11-2-1-5-17(24)22-25/h6-9,16H,1-5,10-14H2,(H,21,26). The van der Waals surface area contributed by atoms with Gasteiger partial charge in [0.15, 0.2) is 0 Å². The number of carbonyl (C=O) groups is 1. The Kier molecular flexibility index (Phi) is 5.33. The van der Waals surface area contributed by atoms with Crippen molar-refractivity contribution in [3.8, 4) is 0 Å².